The van der Waals surface area contributed by atoms with Gasteiger partial charge in [0.2, 0.25) is 5.78 Å². The second kappa shape index (κ2) is 6.50. The quantitative estimate of drug-likeness (QED) is 0.401. The summed E-state index contributed by atoms with van der Waals surface area (Å²) in [6.45, 7) is 4.21. The van der Waals surface area contributed by atoms with Crippen molar-refractivity contribution < 1.29 is 0 Å². The lowest BCUT2D eigenvalue weighted by Gasteiger charge is -2.05. The molecule has 5 aromatic rings. The third-order valence-electron chi connectivity index (χ3n) is 5.16. The molecule has 0 radical (unpaired) electrons. The summed E-state index contributed by atoms with van der Waals surface area (Å²) in [5.41, 5.74) is 7.59. The Balaban J connectivity index is 1.79. The molecule has 0 spiro atoms. The number of imidazole rings is 2. The van der Waals surface area contributed by atoms with Crippen molar-refractivity contribution in [2.24, 2.45) is 4.99 Å². The topological polar surface area (TPSA) is 45.5 Å². The van der Waals surface area contributed by atoms with Crippen LogP contribution in [0.2, 0.25) is 0 Å². The van der Waals surface area contributed by atoms with Crippen LogP contribution in [0.4, 0.5) is 5.82 Å². The summed E-state index contributed by atoms with van der Waals surface area (Å²) in [6.07, 6.45) is 1.93. The fourth-order valence-electron chi connectivity index (χ4n) is 3.62. The zero-order valence-electron chi connectivity index (χ0n) is 15.8. The molecule has 0 fully saturated rings. The Kier molecular flexibility index (Phi) is 3.83. The Labute approximate surface area is 163 Å². The molecule has 0 saturated heterocycles. The Bertz CT molecular complexity index is 1340. The number of aryl methyl sites for hydroxylation is 2. The van der Waals surface area contributed by atoms with Gasteiger partial charge in [0.1, 0.15) is 5.69 Å². The number of nitrogens with one attached hydrogen (secondary N) is 1. The fourth-order valence-corrected chi connectivity index (χ4v) is 3.62. The van der Waals surface area contributed by atoms with Crippen molar-refractivity contribution in [1.29, 1.82) is 0 Å². The summed E-state index contributed by atoms with van der Waals surface area (Å²) in [6, 6.07) is 24.8. The van der Waals surface area contributed by atoms with E-state index in [9.17, 15) is 0 Å². The van der Waals surface area contributed by atoms with Crippen LogP contribution in [-0.2, 0) is 0 Å². The lowest BCUT2D eigenvalue weighted by Crippen LogP contribution is -1.88. The molecule has 0 aliphatic heterocycles. The number of nitrogens with zero attached hydrogens (tertiary/aromatic N) is 3. The van der Waals surface area contributed by atoms with E-state index in [1.165, 1.54) is 11.1 Å². The summed E-state index contributed by atoms with van der Waals surface area (Å²) in [4.78, 5) is 13.2. The average Bonchev–Trinajstić information content (AvgIpc) is 3.24. The van der Waals surface area contributed by atoms with Gasteiger partial charge in [-0.25, -0.2) is 9.98 Å². The average molecular weight is 364 g/mol. The highest BCUT2D eigenvalue weighted by Crippen LogP contribution is 2.35. The normalized spacial score (nSPS) is 11.8. The van der Waals surface area contributed by atoms with Gasteiger partial charge in [0.25, 0.3) is 0 Å². The van der Waals surface area contributed by atoms with Gasteiger partial charge >= 0.3 is 0 Å². The molecule has 4 nitrogen and oxygen atoms in total. The van der Waals surface area contributed by atoms with Gasteiger partial charge in [-0.05, 0) is 42.7 Å². The lowest BCUT2D eigenvalue weighted by molar-refractivity contribution is 1.22. The summed E-state index contributed by atoms with van der Waals surface area (Å²) < 4.78 is 2.10. The number of aliphatic imine (C=N–C) groups is 1. The first-order valence-corrected chi connectivity index (χ1v) is 9.37. The highest BCUT2D eigenvalue weighted by Gasteiger charge is 2.18. The van der Waals surface area contributed by atoms with E-state index in [1.807, 2.05) is 42.6 Å². The summed E-state index contributed by atoms with van der Waals surface area (Å²) >= 11 is 0. The maximum Gasteiger partial charge on any atom is 0.214 e. The Hall–Kier alpha value is -3.66. The third-order valence-corrected chi connectivity index (χ3v) is 5.16. The van der Waals surface area contributed by atoms with Gasteiger partial charge in [-0.1, -0.05) is 60.7 Å². The minimum atomic E-state index is 0.802. The van der Waals surface area contributed by atoms with Crippen LogP contribution in [-0.4, -0.2) is 20.6 Å². The van der Waals surface area contributed by atoms with Crippen LogP contribution in [0.1, 0.15) is 16.7 Å². The summed E-state index contributed by atoms with van der Waals surface area (Å²) in [7, 11) is 0. The van der Waals surface area contributed by atoms with E-state index in [2.05, 4.69) is 59.6 Å². The van der Waals surface area contributed by atoms with Crippen LogP contribution in [0, 0.1) is 13.8 Å². The van der Waals surface area contributed by atoms with E-state index in [0.29, 0.717) is 0 Å². The van der Waals surface area contributed by atoms with Gasteiger partial charge in [-0.2, -0.15) is 0 Å². The van der Waals surface area contributed by atoms with Crippen LogP contribution in [0.3, 0.4) is 0 Å². The van der Waals surface area contributed by atoms with Gasteiger partial charge in [-0.15, -0.1) is 0 Å². The van der Waals surface area contributed by atoms with Gasteiger partial charge < -0.3 is 4.98 Å². The molecule has 2 heterocycles. The molecule has 0 saturated carbocycles. The largest absolute Gasteiger partial charge is 0.323 e. The molecule has 136 valence electrons. The molecule has 3 aromatic carbocycles. The Morgan fingerprint density at radius 2 is 1.57 bits per heavy atom. The maximum atomic E-state index is 4.92. The van der Waals surface area contributed by atoms with Crippen molar-refractivity contribution >= 4 is 28.8 Å². The number of aromatic nitrogens is 3. The first-order chi connectivity index (χ1) is 13.7. The summed E-state index contributed by atoms with van der Waals surface area (Å²) in [5, 5.41) is 0. The van der Waals surface area contributed by atoms with E-state index in [0.717, 1.165) is 39.4 Å². The highest BCUT2D eigenvalue weighted by atomic mass is 15.2. The van der Waals surface area contributed by atoms with Crippen molar-refractivity contribution in [2.75, 3.05) is 0 Å². The molecule has 0 aliphatic rings. The SMILES string of the molecule is Cc1ccccc1/C=N/c1c(-c2ccccc2C)nc2[nH]c3ccccc3n12. The zero-order chi connectivity index (χ0) is 19.1. The van der Waals surface area contributed by atoms with E-state index in [-0.39, 0.29) is 0 Å². The molecule has 0 bridgehead atoms. The van der Waals surface area contributed by atoms with E-state index >= 15 is 0 Å². The predicted molar refractivity (Wildman–Crippen MR) is 116 cm³/mol. The number of hydrogen-bond acceptors (Lipinski definition) is 2. The first kappa shape index (κ1) is 16.5. The number of fused-ring (bicyclic) bond motifs is 3. The lowest BCUT2D eigenvalue weighted by atomic mass is 10.1. The molecule has 1 N–H and O–H groups in total. The summed E-state index contributed by atoms with van der Waals surface area (Å²) in [5.74, 6) is 1.64. The number of aromatic amines is 1. The van der Waals surface area contributed by atoms with Crippen LogP contribution >= 0.6 is 0 Å². The van der Waals surface area contributed by atoms with Crippen molar-refractivity contribution in [3.63, 3.8) is 0 Å². The molecular weight excluding hydrogens is 344 g/mol. The molecule has 2 aromatic heterocycles. The van der Waals surface area contributed by atoms with Gasteiger partial charge in [0.15, 0.2) is 5.82 Å². The van der Waals surface area contributed by atoms with Crippen LogP contribution < -0.4 is 0 Å². The number of para-hydroxylation sites is 2. The monoisotopic (exact) mass is 364 g/mol. The van der Waals surface area contributed by atoms with Gasteiger partial charge in [-0.3, -0.25) is 4.40 Å². The van der Waals surface area contributed by atoms with E-state index < -0.39 is 0 Å². The first-order valence-electron chi connectivity index (χ1n) is 9.37. The molecule has 0 amide bonds. The number of benzene rings is 3. The number of rotatable bonds is 3. The van der Waals surface area contributed by atoms with Gasteiger partial charge in [0, 0.05) is 11.8 Å². The highest BCUT2D eigenvalue weighted by molar-refractivity contribution is 5.90. The zero-order valence-corrected chi connectivity index (χ0v) is 15.8. The van der Waals surface area contributed by atoms with Crippen molar-refractivity contribution in [2.45, 2.75) is 13.8 Å². The van der Waals surface area contributed by atoms with Crippen molar-refractivity contribution in [3.8, 4) is 11.3 Å². The Morgan fingerprint density at radius 1 is 0.857 bits per heavy atom. The van der Waals surface area contributed by atoms with Crippen LogP contribution in [0.15, 0.2) is 77.8 Å². The van der Waals surface area contributed by atoms with Crippen LogP contribution in [0.5, 0.6) is 0 Å². The molecule has 0 atom stereocenters. The molecule has 4 heteroatoms. The predicted octanol–water partition coefficient (Wildman–Crippen LogP) is 5.85. The molecule has 5 rings (SSSR count). The fraction of sp³-hybridized carbons (Fsp3) is 0.0833. The number of hydrogen-bond donors (Lipinski definition) is 1. The number of H-pyrrole nitrogens is 1. The Morgan fingerprint density at radius 3 is 2.39 bits per heavy atom. The maximum absolute atomic E-state index is 4.92. The molecule has 0 aliphatic carbocycles. The third kappa shape index (κ3) is 2.62. The van der Waals surface area contributed by atoms with E-state index in [4.69, 9.17) is 9.98 Å². The standard InChI is InChI=1S/C24H20N4/c1-16-9-3-5-11-18(16)15-25-23-22(19-12-6-4-10-17(19)2)27-24-26-20-13-7-8-14-21(20)28(23)24/h3-15H,1-2H3,(H,26,27)/b25-15+. The van der Waals surface area contributed by atoms with Gasteiger partial charge in [0.05, 0.1) is 11.0 Å². The smallest absolute Gasteiger partial charge is 0.214 e. The van der Waals surface area contributed by atoms with Crippen molar-refractivity contribution in [3.05, 3.63) is 89.5 Å². The minimum absolute atomic E-state index is 0.802. The van der Waals surface area contributed by atoms with Crippen molar-refractivity contribution in [1.82, 2.24) is 14.4 Å². The van der Waals surface area contributed by atoms with E-state index in [1.54, 1.807) is 0 Å². The molecular formula is C24H20N4. The molecule has 0 unspecified atom stereocenters. The second-order valence-electron chi connectivity index (χ2n) is 7.01. The second-order valence-corrected chi connectivity index (χ2v) is 7.01. The van der Waals surface area contributed by atoms with Crippen LogP contribution in [0.25, 0.3) is 28.1 Å². The minimum Gasteiger partial charge on any atom is -0.323 e. The molecule has 28 heavy (non-hydrogen) atoms.